The molecule has 4 saturated carbocycles. The van der Waals surface area contributed by atoms with Crippen LogP contribution in [0.5, 0.6) is 0 Å². The molecule has 4 rings (SSSR count). The minimum atomic E-state index is -0.818. The van der Waals surface area contributed by atoms with Crippen molar-refractivity contribution < 1.29 is 79.2 Å². The summed E-state index contributed by atoms with van der Waals surface area (Å²) in [7, 11) is 0. The van der Waals surface area contributed by atoms with E-state index in [9.17, 15) is 38.4 Å². The van der Waals surface area contributed by atoms with Gasteiger partial charge < -0.3 is 40.9 Å². The van der Waals surface area contributed by atoms with Gasteiger partial charge in [0.25, 0.3) is 0 Å². The van der Waals surface area contributed by atoms with Crippen LogP contribution in [0.1, 0.15) is 142 Å². The lowest BCUT2D eigenvalue weighted by Crippen LogP contribution is -2.29. The SMILES string of the molecule is CC(C(=O)O)C1CCC(C(=O)O)CC1.CC(C(=O)O)C1CCCC(C(=O)O)C1.O=C(O)CCC1CCC(C(=O)O)CC1.O=C(O)CCC1CCCC(C(=O)O)C1. The van der Waals surface area contributed by atoms with Crippen molar-refractivity contribution in [3.8, 4) is 0 Å². The summed E-state index contributed by atoms with van der Waals surface area (Å²) in [6.45, 7) is 3.37. The van der Waals surface area contributed by atoms with E-state index in [4.69, 9.17) is 40.9 Å². The number of carboxylic acids is 8. The maximum Gasteiger partial charge on any atom is 0.306 e. The molecule has 4 aliphatic rings. The van der Waals surface area contributed by atoms with Crippen LogP contribution in [-0.4, -0.2) is 88.6 Å². The maximum absolute atomic E-state index is 10.7. The van der Waals surface area contributed by atoms with E-state index in [1.807, 2.05) is 0 Å². The van der Waals surface area contributed by atoms with Crippen LogP contribution in [0.2, 0.25) is 0 Å². The minimum Gasteiger partial charge on any atom is -0.481 e. The number of hydrogen-bond acceptors (Lipinski definition) is 8. The smallest absolute Gasteiger partial charge is 0.306 e. The molecular weight excluding hydrogens is 736 g/mol. The zero-order valence-corrected chi connectivity index (χ0v) is 32.8. The van der Waals surface area contributed by atoms with Crippen LogP contribution < -0.4 is 0 Å². The van der Waals surface area contributed by atoms with Gasteiger partial charge in [0.05, 0.1) is 35.5 Å². The van der Waals surface area contributed by atoms with Crippen molar-refractivity contribution in [1.82, 2.24) is 0 Å². The van der Waals surface area contributed by atoms with E-state index in [-0.39, 0.29) is 54.3 Å². The van der Waals surface area contributed by atoms with Gasteiger partial charge in [0.2, 0.25) is 0 Å². The summed E-state index contributed by atoms with van der Waals surface area (Å²) in [4.78, 5) is 84.8. The van der Waals surface area contributed by atoms with Crippen LogP contribution in [0, 0.1) is 59.2 Å². The molecular formula is C40H64O16. The van der Waals surface area contributed by atoms with E-state index in [1.165, 1.54) is 0 Å². The van der Waals surface area contributed by atoms with Crippen molar-refractivity contribution in [2.75, 3.05) is 0 Å². The zero-order valence-electron chi connectivity index (χ0n) is 32.8. The quantitative estimate of drug-likeness (QED) is 0.0908. The zero-order chi connectivity index (χ0) is 42.5. The third kappa shape index (κ3) is 19.6. The van der Waals surface area contributed by atoms with Crippen molar-refractivity contribution in [2.24, 2.45) is 59.2 Å². The van der Waals surface area contributed by atoms with Gasteiger partial charge in [-0.1, -0.05) is 33.1 Å². The molecule has 8 N–H and O–H groups in total. The van der Waals surface area contributed by atoms with E-state index in [1.54, 1.807) is 13.8 Å². The summed E-state index contributed by atoms with van der Waals surface area (Å²) in [6.07, 6.45) is 13.7. The van der Waals surface area contributed by atoms with E-state index < -0.39 is 53.7 Å². The summed E-state index contributed by atoms with van der Waals surface area (Å²) >= 11 is 0. The molecule has 0 spiro atoms. The van der Waals surface area contributed by atoms with E-state index in [0.29, 0.717) is 69.6 Å². The average Bonchev–Trinajstić information content (AvgIpc) is 3.16. The molecule has 0 heterocycles. The Hall–Kier alpha value is -4.24. The molecule has 4 fully saturated rings. The molecule has 0 aromatic rings. The Labute approximate surface area is 328 Å². The van der Waals surface area contributed by atoms with Gasteiger partial charge in [-0.15, -0.1) is 0 Å². The van der Waals surface area contributed by atoms with E-state index in [0.717, 1.165) is 57.8 Å². The highest BCUT2D eigenvalue weighted by atomic mass is 16.4. The lowest BCUT2D eigenvalue weighted by molar-refractivity contribution is -0.148. The Bertz CT molecular complexity index is 1270. The first-order valence-corrected chi connectivity index (χ1v) is 20.0. The van der Waals surface area contributed by atoms with Crippen LogP contribution in [0.25, 0.3) is 0 Å². The molecule has 0 bridgehead atoms. The number of hydrogen-bond donors (Lipinski definition) is 8. The second-order valence-corrected chi connectivity index (χ2v) is 16.2. The highest BCUT2D eigenvalue weighted by Gasteiger charge is 2.33. The standard InChI is InChI=1S/4C10H16O4/c1-6(9(11)12)7-2-4-8(5-3-7)10(13)14;11-9(12)6-3-7-1-4-8(5-2-7)10(13)14;1-6(9(11)12)7-3-2-4-8(5-7)10(13)14;11-9(12)5-4-7-2-1-3-8(6-7)10(13)14/h6-8H,2-5H2,1H3,(H,11,12)(H,13,14);7-8H,1-6H2,(H,11,12)(H,13,14);6-8H,2-5H2,1H3,(H,11,12)(H,13,14);7-8H,1-6H2,(H,11,12)(H,13,14). The van der Waals surface area contributed by atoms with Gasteiger partial charge in [0.15, 0.2) is 0 Å². The molecule has 0 saturated heterocycles. The summed E-state index contributed by atoms with van der Waals surface area (Å²) in [5, 5.41) is 69.7. The second-order valence-electron chi connectivity index (χ2n) is 16.2. The molecule has 0 aromatic heterocycles. The largest absolute Gasteiger partial charge is 0.481 e. The third-order valence-corrected chi connectivity index (χ3v) is 12.2. The normalized spacial score (nSPS) is 28.3. The van der Waals surface area contributed by atoms with Crippen molar-refractivity contribution in [3.05, 3.63) is 0 Å². The molecule has 0 aromatic carbocycles. The second kappa shape index (κ2) is 25.8. The van der Waals surface area contributed by atoms with Crippen molar-refractivity contribution in [1.29, 1.82) is 0 Å². The van der Waals surface area contributed by atoms with Crippen LogP contribution in [0.15, 0.2) is 0 Å². The van der Waals surface area contributed by atoms with Crippen LogP contribution in [0.4, 0.5) is 0 Å². The minimum absolute atomic E-state index is 0.0300. The maximum atomic E-state index is 10.7. The summed E-state index contributed by atoms with van der Waals surface area (Å²) in [5.74, 6) is -7.01. The molecule has 16 nitrogen and oxygen atoms in total. The van der Waals surface area contributed by atoms with Crippen molar-refractivity contribution >= 4 is 47.8 Å². The van der Waals surface area contributed by atoms with Crippen molar-refractivity contribution in [2.45, 2.75) is 142 Å². The molecule has 0 amide bonds. The third-order valence-electron chi connectivity index (χ3n) is 12.2. The topological polar surface area (TPSA) is 298 Å². The molecule has 6 atom stereocenters. The van der Waals surface area contributed by atoms with Gasteiger partial charge in [-0.2, -0.15) is 0 Å². The summed E-state index contributed by atoms with van der Waals surface area (Å²) in [5.41, 5.74) is 0. The Morgan fingerprint density at radius 1 is 0.411 bits per heavy atom. The van der Waals surface area contributed by atoms with Crippen LogP contribution in [0.3, 0.4) is 0 Å². The predicted molar refractivity (Wildman–Crippen MR) is 200 cm³/mol. The number of aliphatic carboxylic acids is 8. The van der Waals surface area contributed by atoms with Gasteiger partial charge in [-0.3, -0.25) is 38.4 Å². The Morgan fingerprint density at radius 2 is 0.786 bits per heavy atom. The molecule has 0 aliphatic heterocycles. The Morgan fingerprint density at radius 3 is 1.20 bits per heavy atom. The fourth-order valence-corrected chi connectivity index (χ4v) is 8.31. The molecule has 6 unspecified atom stereocenters. The summed E-state index contributed by atoms with van der Waals surface area (Å²) in [6, 6.07) is 0. The lowest BCUT2D eigenvalue weighted by atomic mass is 9.76. The lowest BCUT2D eigenvalue weighted by Gasteiger charge is -2.28. The van der Waals surface area contributed by atoms with Crippen LogP contribution in [-0.2, 0) is 38.4 Å². The average molecular weight is 801 g/mol. The molecule has 16 heteroatoms. The van der Waals surface area contributed by atoms with Gasteiger partial charge in [-0.25, -0.2) is 0 Å². The summed E-state index contributed by atoms with van der Waals surface area (Å²) < 4.78 is 0. The fraction of sp³-hybridized carbons (Fsp3) is 0.800. The van der Waals surface area contributed by atoms with Crippen molar-refractivity contribution in [3.63, 3.8) is 0 Å². The highest BCUT2D eigenvalue weighted by Crippen LogP contribution is 2.36. The van der Waals surface area contributed by atoms with E-state index in [2.05, 4.69) is 0 Å². The van der Waals surface area contributed by atoms with Gasteiger partial charge in [0.1, 0.15) is 0 Å². The van der Waals surface area contributed by atoms with Crippen LogP contribution >= 0.6 is 0 Å². The molecule has 0 radical (unpaired) electrons. The first-order chi connectivity index (χ1) is 26.2. The van der Waals surface area contributed by atoms with E-state index >= 15 is 0 Å². The number of carbonyl (C=O) groups is 8. The number of carboxylic acid groups (broad SMARTS) is 8. The Balaban J connectivity index is 0.000000373. The first kappa shape index (κ1) is 49.8. The van der Waals surface area contributed by atoms with Gasteiger partial charge in [-0.05, 0) is 120 Å². The highest BCUT2D eigenvalue weighted by molar-refractivity contribution is 5.73. The Kier molecular flexibility index (Phi) is 23.0. The monoisotopic (exact) mass is 800 g/mol. The predicted octanol–water partition coefficient (Wildman–Crippen LogP) is 6.68. The van der Waals surface area contributed by atoms with Gasteiger partial charge >= 0.3 is 47.8 Å². The molecule has 56 heavy (non-hydrogen) atoms. The number of rotatable bonds is 14. The molecule has 320 valence electrons. The van der Waals surface area contributed by atoms with Gasteiger partial charge in [0, 0.05) is 12.8 Å². The fourth-order valence-electron chi connectivity index (χ4n) is 8.31. The molecule has 4 aliphatic carbocycles. The first-order valence-electron chi connectivity index (χ1n) is 20.0.